The van der Waals surface area contributed by atoms with Crippen molar-refractivity contribution < 1.29 is 22.4 Å². The first-order valence-corrected chi connectivity index (χ1v) is 10.8. The number of nitrogens with zero attached hydrogens (tertiary/aromatic N) is 2. The topological polar surface area (TPSA) is 78.9 Å². The van der Waals surface area contributed by atoms with Crippen LogP contribution in [0.2, 0.25) is 0 Å². The second kappa shape index (κ2) is 7.82. The van der Waals surface area contributed by atoms with Crippen molar-refractivity contribution in [2.24, 2.45) is 0 Å². The number of fused-ring (bicyclic) bond motifs is 2. The fraction of sp³-hybridized carbons (Fsp3) is 0.286. The number of hydrogen-bond acceptors (Lipinski definition) is 6. The molecule has 0 atom stereocenters. The first kappa shape index (κ1) is 20.8. The molecule has 0 radical (unpaired) electrons. The van der Waals surface area contributed by atoms with E-state index in [1.54, 1.807) is 6.07 Å². The van der Waals surface area contributed by atoms with Gasteiger partial charge in [0, 0.05) is 24.2 Å². The minimum Gasteiger partial charge on any atom is -0.352 e. The monoisotopic (exact) mass is 463 g/mol. The predicted molar refractivity (Wildman–Crippen MR) is 111 cm³/mol. The molecule has 11 heteroatoms. The van der Waals surface area contributed by atoms with Crippen LogP contribution in [-0.4, -0.2) is 29.0 Å². The van der Waals surface area contributed by atoms with Gasteiger partial charge in [-0.3, -0.25) is 4.79 Å². The van der Waals surface area contributed by atoms with Crippen molar-refractivity contribution in [3.63, 3.8) is 0 Å². The van der Waals surface area contributed by atoms with E-state index in [4.69, 9.17) is 0 Å². The second-order valence-electron chi connectivity index (χ2n) is 7.56. The summed E-state index contributed by atoms with van der Waals surface area (Å²) in [5.41, 5.74) is 0.893. The minimum absolute atomic E-state index is 0.0983. The van der Waals surface area contributed by atoms with Gasteiger partial charge in [-0.15, -0.1) is 11.3 Å². The molecule has 4 heterocycles. The standard InChI is InChI=1S/C21H17F4N5OS/c22-14-5-11-8-26-3-1-10(11)6-15(14)29-20-28-9-13(21(23,24)25)18(30-20)17-7-12-16(32-17)2-4-27-19(12)31/h5-7,9,26H,1-4,8H2,(H,27,31)(H,28,29,30). The number of aromatic nitrogens is 2. The lowest BCUT2D eigenvalue weighted by molar-refractivity contribution is -0.137. The van der Waals surface area contributed by atoms with Crippen molar-refractivity contribution in [3.05, 3.63) is 57.3 Å². The van der Waals surface area contributed by atoms with Gasteiger partial charge < -0.3 is 16.0 Å². The summed E-state index contributed by atoms with van der Waals surface area (Å²) in [5, 5.41) is 8.56. The van der Waals surface area contributed by atoms with Crippen LogP contribution in [0, 0.1) is 5.82 Å². The largest absolute Gasteiger partial charge is 0.420 e. The van der Waals surface area contributed by atoms with Crippen LogP contribution in [0.5, 0.6) is 0 Å². The average Bonchev–Trinajstić information content (AvgIpc) is 3.19. The van der Waals surface area contributed by atoms with Crippen molar-refractivity contribution >= 4 is 28.9 Å². The number of halogens is 4. The number of anilines is 2. The summed E-state index contributed by atoms with van der Waals surface area (Å²) in [5.74, 6) is -1.02. The van der Waals surface area contributed by atoms with Crippen LogP contribution in [0.3, 0.4) is 0 Å². The molecule has 3 aromatic rings. The number of hydrogen-bond donors (Lipinski definition) is 3. The molecule has 0 spiro atoms. The molecule has 5 rings (SSSR count). The maximum absolute atomic E-state index is 14.6. The Morgan fingerprint density at radius 3 is 2.72 bits per heavy atom. The number of nitrogens with one attached hydrogen (secondary N) is 3. The highest BCUT2D eigenvalue weighted by Gasteiger charge is 2.36. The van der Waals surface area contributed by atoms with Crippen LogP contribution in [0.25, 0.3) is 10.6 Å². The summed E-state index contributed by atoms with van der Waals surface area (Å²) < 4.78 is 55.6. The molecule has 2 aliphatic heterocycles. The van der Waals surface area contributed by atoms with Gasteiger partial charge in [-0.1, -0.05) is 0 Å². The first-order valence-electron chi connectivity index (χ1n) is 9.94. The first-order chi connectivity index (χ1) is 15.3. The van der Waals surface area contributed by atoms with Gasteiger partial charge in [0.05, 0.1) is 21.8 Å². The summed E-state index contributed by atoms with van der Waals surface area (Å²) in [6.45, 7) is 1.75. The maximum atomic E-state index is 14.6. The summed E-state index contributed by atoms with van der Waals surface area (Å²) in [6, 6.07) is 4.46. The summed E-state index contributed by atoms with van der Waals surface area (Å²) in [4.78, 5) is 20.8. The van der Waals surface area contributed by atoms with E-state index in [9.17, 15) is 22.4 Å². The third kappa shape index (κ3) is 3.82. The molecule has 2 aliphatic rings. The number of carbonyl (C=O) groups excluding carboxylic acids is 1. The number of benzene rings is 1. The molecule has 1 amide bonds. The van der Waals surface area contributed by atoms with Gasteiger partial charge in [-0.2, -0.15) is 13.2 Å². The Morgan fingerprint density at radius 2 is 1.94 bits per heavy atom. The van der Waals surface area contributed by atoms with E-state index >= 15 is 0 Å². The fourth-order valence-electron chi connectivity index (χ4n) is 3.86. The molecule has 166 valence electrons. The molecule has 0 fully saturated rings. The van der Waals surface area contributed by atoms with Crippen molar-refractivity contribution in [3.8, 4) is 10.6 Å². The molecular weight excluding hydrogens is 446 g/mol. The van der Waals surface area contributed by atoms with E-state index < -0.39 is 17.6 Å². The zero-order valence-electron chi connectivity index (χ0n) is 16.6. The van der Waals surface area contributed by atoms with E-state index in [0.29, 0.717) is 42.6 Å². The van der Waals surface area contributed by atoms with Gasteiger partial charge >= 0.3 is 6.18 Å². The lowest BCUT2D eigenvalue weighted by Crippen LogP contribution is -2.30. The van der Waals surface area contributed by atoms with Gasteiger partial charge in [-0.25, -0.2) is 14.4 Å². The van der Waals surface area contributed by atoms with Crippen LogP contribution < -0.4 is 16.0 Å². The highest BCUT2D eigenvalue weighted by atomic mass is 32.1. The van der Waals surface area contributed by atoms with Crippen LogP contribution in [0.15, 0.2) is 24.4 Å². The minimum atomic E-state index is -4.69. The molecule has 2 aromatic heterocycles. The Balaban J connectivity index is 1.55. The average molecular weight is 463 g/mol. The molecule has 0 saturated heterocycles. The van der Waals surface area contributed by atoms with Crippen molar-refractivity contribution in [2.45, 2.75) is 25.6 Å². The third-order valence-electron chi connectivity index (χ3n) is 5.44. The SMILES string of the molecule is O=C1NCCc2sc(-c3nc(Nc4cc5c(cc4F)CNCC5)ncc3C(F)(F)F)cc21. The van der Waals surface area contributed by atoms with Gasteiger partial charge in [-0.05, 0) is 48.7 Å². The third-order valence-corrected chi connectivity index (χ3v) is 6.64. The molecule has 0 bridgehead atoms. The van der Waals surface area contributed by atoms with E-state index in [-0.39, 0.29) is 28.1 Å². The Bertz CT molecular complexity index is 1220. The van der Waals surface area contributed by atoms with Gasteiger partial charge in [0.2, 0.25) is 5.95 Å². The Morgan fingerprint density at radius 1 is 1.09 bits per heavy atom. The van der Waals surface area contributed by atoms with E-state index in [0.717, 1.165) is 29.0 Å². The molecule has 0 saturated carbocycles. The lowest BCUT2D eigenvalue weighted by Gasteiger charge is -2.19. The zero-order valence-corrected chi connectivity index (χ0v) is 17.4. The van der Waals surface area contributed by atoms with E-state index in [2.05, 4.69) is 25.9 Å². The second-order valence-corrected chi connectivity index (χ2v) is 8.70. The molecule has 3 N–H and O–H groups in total. The van der Waals surface area contributed by atoms with Crippen LogP contribution in [-0.2, 0) is 25.6 Å². The molecular formula is C21H17F4N5OS. The highest BCUT2D eigenvalue weighted by Crippen LogP contribution is 2.40. The fourth-order valence-corrected chi connectivity index (χ4v) is 5.02. The Hall–Kier alpha value is -3.05. The Labute approximate surface area is 184 Å². The van der Waals surface area contributed by atoms with Crippen LogP contribution in [0.4, 0.5) is 29.2 Å². The van der Waals surface area contributed by atoms with E-state index in [1.807, 2.05) is 0 Å². The molecule has 32 heavy (non-hydrogen) atoms. The highest BCUT2D eigenvalue weighted by molar-refractivity contribution is 7.15. The summed E-state index contributed by atoms with van der Waals surface area (Å²) in [6.07, 6.45) is -2.75. The molecule has 0 unspecified atom stereocenters. The van der Waals surface area contributed by atoms with Gasteiger partial charge in [0.15, 0.2) is 0 Å². The van der Waals surface area contributed by atoms with Crippen molar-refractivity contribution in [2.75, 3.05) is 18.4 Å². The summed E-state index contributed by atoms with van der Waals surface area (Å²) >= 11 is 1.10. The normalized spacial score (nSPS) is 15.7. The summed E-state index contributed by atoms with van der Waals surface area (Å²) in [7, 11) is 0. The molecule has 0 aliphatic carbocycles. The number of alkyl halides is 3. The lowest BCUT2D eigenvalue weighted by atomic mass is 10.00. The van der Waals surface area contributed by atoms with Crippen LogP contribution >= 0.6 is 11.3 Å². The zero-order chi connectivity index (χ0) is 22.5. The molecule has 1 aromatic carbocycles. The number of carbonyl (C=O) groups is 1. The quantitative estimate of drug-likeness (QED) is 0.511. The maximum Gasteiger partial charge on any atom is 0.420 e. The van der Waals surface area contributed by atoms with E-state index in [1.165, 1.54) is 12.1 Å². The van der Waals surface area contributed by atoms with Gasteiger partial charge in [0.1, 0.15) is 11.4 Å². The Kier molecular flexibility index (Phi) is 5.09. The molecule has 6 nitrogen and oxygen atoms in total. The number of amides is 1. The van der Waals surface area contributed by atoms with Crippen LogP contribution in [0.1, 0.15) is 31.9 Å². The number of rotatable bonds is 3. The van der Waals surface area contributed by atoms with Crippen molar-refractivity contribution in [1.29, 1.82) is 0 Å². The predicted octanol–water partition coefficient (Wildman–Crippen LogP) is 4.04. The van der Waals surface area contributed by atoms with Crippen molar-refractivity contribution in [1.82, 2.24) is 20.6 Å². The smallest absolute Gasteiger partial charge is 0.352 e. The van der Waals surface area contributed by atoms with Gasteiger partial charge in [0.25, 0.3) is 5.91 Å². The number of thiophene rings is 1.